The molecular formula is H4B2O5Sr2. The molecule has 0 fully saturated rings. The molecule has 0 bridgehead atoms. The molecule has 4 radical (unpaired) electrons. The van der Waals surface area contributed by atoms with Gasteiger partial charge in [-0.1, -0.05) is 0 Å². The molecule has 0 aliphatic heterocycles. The molecule has 0 heterocycles. The minimum Gasteiger partial charge on any atom is -0.402 e. The van der Waals surface area contributed by atoms with Gasteiger partial charge in [0.05, 0.1) is 0 Å². The first-order chi connectivity index (χ1) is 3.13. The van der Waals surface area contributed by atoms with Gasteiger partial charge < -0.3 is 24.7 Å². The molecule has 4 N–H and O–H groups in total. The van der Waals surface area contributed by atoms with Gasteiger partial charge in [-0.2, -0.15) is 0 Å². The van der Waals surface area contributed by atoms with Gasteiger partial charge >= 0.3 is 14.6 Å². The molecule has 0 rings (SSSR count). The summed E-state index contributed by atoms with van der Waals surface area (Å²) in [5.41, 5.74) is 0. The Bertz CT molecular complexity index is 42.2. The van der Waals surface area contributed by atoms with E-state index >= 15 is 0 Å². The maximum atomic E-state index is 7.74. The van der Waals surface area contributed by atoms with Gasteiger partial charge in [0.1, 0.15) is 0 Å². The molecule has 0 aromatic carbocycles. The molecule has 44 valence electrons. The van der Waals surface area contributed by atoms with E-state index in [1.165, 1.54) is 0 Å². The Kier molecular flexibility index (Phi) is 21.6. The van der Waals surface area contributed by atoms with Gasteiger partial charge in [-0.3, -0.25) is 0 Å². The first kappa shape index (κ1) is 17.8. The van der Waals surface area contributed by atoms with Crippen molar-refractivity contribution in [2.75, 3.05) is 0 Å². The monoisotopic (exact) mass is 282 g/mol. The summed E-state index contributed by atoms with van der Waals surface area (Å²) in [6.45, 7) is 0. The largest absolute Gasteiger partial charge is 0.621 e. The maximum absolute atomic E-state index is 7.74. The van der Waals surface area contributed by atoms with Crippen LogP contribution < -0.4 is 0 Å². The van der Waals surface area contributed by atoms with Crippen molar-refractivity contribution in [2.45, 2.75) is 0 Å². The molecule has 0 aromatic rings. The Morgan fingerprint density at radius 2 is 1.00 bits per heavy atom. The molecule has 0 aliphatic carbocycles. The van der Waals surface area contributed by atoms with Crippen molar-refractivity contribution in [3.63, 3.8) is 0 Å². The van der Waals surface area contributed by atoms with E-state index < -0.39 is 14.6 Å². The van der Waals surface area contributed by atoms with Gasteiger partial charge in [0.15, 0.2) is 0 Å². The third kappa shape index (κ3) is 18.1. The topological polar surface area (TPSA) is 90.2 Å². The summed E-state index contributed by atoms with van der Waals surface area (Å²) in [7, 11) is -4.25. The Morgan fingerprint density at radius 3 is 1.00 bits per heavy atom. The molecule has 0 spiro atoms. The normalized spacial score (nSPS) is 6.67. The molecule has 0 saturated heterocycles. The summed E-state index contributed by atoms with van der Waals surface area (Å²) >= 11 is 0. The van der Waals surface area contributed by atoms with Crippen LogP contribution in [0.3, 0.4) is 0 Å². The van der Waals surface area contributed by atoms with Crippen molar-refractivity contribution in [1.82, 2.24) is 0 Å². The van der Waals surface area contributed by atoms with Gasteiger partial charge in [-0.15, -0.1) is 0 Å². The van der Waals surface area contributed by atoms with Crippen LogP contribution in [0.1, 0.15) is 0 Å². The van der Waals surface area contributed by atoms with Crippen LogP contribution in [-0.4, -0.2) is 126 Å². The maximum Gasteiger partial charge on any atom is 0.621 e. The molecule has 0 aliphatic rings. The van der Waals surface area contributed by atoms with Crippen molar-refractivity contribution >= 4 is 106 Å². The van der Waals surface area contributed by atoms with Crippen LogP contribution in [0.4, 0.5) is 0 Å². The van der Waals surface area contributed by atoms with Crippen LogP contribution >= 0.6 is 0 Å². The summed E-state index contributed by atoms with van der Waals surface area (Å²) in [6.07, 6.45) is 0. The van der Waals surface area contributed by atoms with Gasteiger partial charge in [0.2, 0.25) is 0 Å². The smallest absolute Gasteiger partial charge is 0.402 e. The fourth-order valence-corrected chi connectivity index (χ4v) is 0.109. The summed E-state index contributed by atoms with van der Waals surface area (Å²) in [4.78, 5) is 0. The fraction of sp³-hybridized carbons (Fsp3) is 0. The summed E-state index contributed by atoms with van der Waals surface area (Å²) in [5.74, 6) is 0. The zero-order valence-electron chi connectivity index (χ0n) is 4.77. The van der Waals surface area contributed by atoms with Crippen LogP contribution in [0.2, 0.25) is 0 Å². The third-order valence-electron chi connectivity index (χ3n) is 0.243. The Balaban J connectivity index is -0.000000180. The molecule has 9 heteroatoms. The first-order valence-electron chi connectivity index (χ1n) is 1.50. The number of rotatable bonds is 2. The molecular weight excluding hydrogens is 277 g/mol. The molecule has 5 nitrogen and oxygen atoms in total. The van der Waals surface area contributed by atoms with Gasteiger partial charge in [-0.05, 0) is 0 Å². The second kappa shape index (κ2) is 10.9. The second-order valence-electron chi connectivity index (χ2n) is 0.789. The van der Waals surface area contributed by atoms with Crippen LogP contribution in [0.15, 0.2) is 0 Å². The van der Waals surface area contributed by atoms with Crippen LogP contribution in [0, 0.1) is 0 Å². The first-order valence-corrected chi connectivity index (χ1v) is 1.50. The van der Waals surface area contributed by atoms with Gasteiger partial charge in [0, 0.05) is 91.0 Å². The second-order valence-corrected chi connectivity index (χ2v) is 0.789. The van der Waals surface area contributed by atoms with E-state index in [1.807, 2.05) is 0 Å². The average Bonchev–Trinajstić information content (AvgIpc) is 1.27. The quantitative estimate of drug-likeness (QED) is 0.389. The molecule has 0 aromatic heterocycles. The van der Waals surface area contributed by atoms with E-state index in [9.17, 15) is 0 Å². The number of hydrogen-bond acceptors (Lipinski definition) is 5. The van der Waals surface area contributed by atoms with Gasteiger partial charge in [-0.25, -0.2) is 0 Å². The SMILES string of the molecule is OB(O)OB(O)O.[Sr].[Sr]. The molecule has 0 atom stereocenters. The van der Waals surface area contributed by atoms with Crippen molar-refractivity contribution in [3.05, 3.63) is 0 Å². The average molecular weight is 281 g/mol. The zero-order valence-corrected chi connectivity index (χ0v) is 11.7. The molecule has 0 unspecified atom stereocenters. The van der Waals surface area contributed by atoms with E-state index in [0.29, 0.717) is 0 Å². The summed E-state index contributed by atoms with van der Waals surface area (Å²) < 4.78 is 3.47. The van der Waals surface area contributed by atoms with Crippen LogP contribution in [-0.2, 0) is 4.57 Å². The zero-order chi connectivity index (χ0) is 5.86. The standard InChI is InChI=1S/B2H4O5.2Sr/c3-1(4)7-2(5)6;;/h3-6H;;. The fourth-order valence-electron chi connectivity index (χ4n) is 0.109. The van der Waals surface area contributed by atoms with Crippen molar-refractivity contribution in [3.8, 4) is 0 Å². The Hall–Kier alpha value is 2.89. The molecule has 9 heavy (non-hydrogen) atoms. The van der Waals surface area contributed by atoms with Crippen molar-refractivity contribution < 1.29 is 24.7 Å². The Morgan fingerprint density at radius 1 is 0.778 bits per heavy atom. The van der Waals surface area contributed by atoms with E-state index in [4.69, 9.17) is 20.1 Å². The van der Waals surface area contributed by atoms with Crippen LogP contribution in [0.5, 0.6) is 0 Å². The van der Waals surface area contributed by atoms with E-state index in [-0.39, 0.29) is 91.0 Å². The number of hydrogen-bond donors (Lipinski definition) is 4. The molecule has 0 saturated carbocycles. The summed E-state index contributed by atoms with van der Waals surface area (Å²) in [6, 6.07) is 0. The third-order valence-corrected chi connectivity index (χ3v) is 0.243. The van der Waals surface area contributed by atoms with E-state index in [1.54, 1.807) is 0 Å². The Labute approximate surface area is 127 Å². The van der Waals surface area contributed by atoms with Crippen molar-refractivity contribution in [1.29, 1.82) is 0 Å². The summed E-state index contributed by atoms with van der Waals surface area (Å²) in [5, 5.41) is 30.9. The van der Waals surface area contributed by atoms with Crippen molar-refractivity contribution in [2.24, 2.45) is 0 Å². The predicted molar refractivity (Wildman–Crippen MR) is 33.0 cm³/mol. The van der Waals surface area contributed by atoms with Crippen LogP contribution in [0.25, 0.3) is 0 Å². The minimum atomic E-state index is -2.13. The van der Waals surface area contributed by atoms with E-state index in [0.717, 1.165) is 0 Å². The minimum absolute atomic E-state index is 0. The molecule has 0 amide bonds. The van der Waals surface area contributed by atoms with Gasteiger partial charge in [0.25, 0.3) is 0 Å². The predicted octanol–water partition coefficient (Wildman–Crippen LogP) is -3.82. The van der Waals surface area contributed by atoms with E-state index in [2.05, 4.69) is 4.57 Å².